The molecule has 1 aliphatic heterocycles. The Morgan fingerprint density at radius 1 is 1.11 bits per heavy atom. The van der Waals surface area contributed by atoms with Gasteiger partial charge in [-0.25, -0.2) is 9.97 Å². The number of nitrogens with one attached hydrogen (secondary N) is 3. The Morgan fingerprint density at radius 3 is 2.71 bits per heavy atom. The molecule has 0 unspecified atom stereocenters. The lowest BCUT2D eigenvalue weighted by Gasteiger charge is -2.25. The molecule has 2 amide bonds. The van der Waals surface area contributed by atoms with Crippen molar-refractivity contribution in [3.8, 4) is 11.3 Å². The highest BCUT2D eigenvalue weighted by molar-refractivity contribution is 6.06. The van der Waals surface area contributed by atoms with E-state index in [9.17, 15) is 14.0 Å². The minimum atomic E-state index is -0.862. The number of carbonyl (C=O) groups excluding carboxylic acids is 2. The number of hydrogen-bond acceptors (Lipinski definition) is 7. The first-order valence-corrected chi connectivity index (χ1v) is 11.0. The van der Waals surface area contributed by atoms with Crippen molar-refractivity contribution in [1.29, 1.82) is 0 Å². The summed E-state index contributed by atoms with van der Waals surface area (Å²) >= 11 is 0. The molecule has 5 heterocycles. The van der Waals surface area contributed by atoms with Crippen LogP contribution in [0.2, 0.25) is 0 Å². The molecular weight excluding hydrogens is 455 g/mol. The summed E-state index contributed by atoms with van der Waals surface area (Å²) in [6.07, 6.45) is 6.19. The number of aromatic nitrogens is 5. The number of hydrogen-bond donors (Lipinski definition) is 3. The van der Waals surface area contributed by atoms with E-state index in [0.29, 0.717) is 32.0 Å². The van der Waals surface area contributed by atoms with Gasteiger partial charge in [-0.1, -0.05) is 0 Å². The van der Waals surface area contributed by atoms with Crippen LogP contribution in [0.15, 0.2) is 43.0 Å². The smallest absolute Gasteiger partial charge is 0.257 e. The second-order valence-electron chi connectivity index (χ2n) is 8.20. The molecule has 4 aromatic rings. The molecule has 0 bridgehead atoms. The molecule has 12 heteroatoms. The molecule has 1 fully saturated rings. The van der Waals surface area contributed by atoms with Crippen LogP contribution in [-0.4, -0.2) is 74.3 Å². The number of nitrogens with zero attached hydrogens (tertiary/aromatic N) is 5. The summed E-state index contributed by atoms with van der Waals surface area (Å²) in [5.74, 6) is -1.68. The zero-order chi connectivity index (χ0) is 24.4. The van der Waals surface area contributed by atoms with Crippen molar-refractivity contribution in [2.45, 2.75) is 0 Å². The topological polar surface area (TPSA) is 130 Å². The van der Waals surface area contributed by atoms with Gasteiger partial charge in [-0.3, -0.25) is 19.2 Å². The number of morpholine rings is 1. The Hall–Kier alpha value is -4.16. The average molecular weight is 478 g/mol. The number of aromatic amines is 1. The zero-order valence-corrected chi connectivity index (χ0v) is 18.9. The van der Waals surface area contributed by atoms with Gasteiger partial charge in [-0.15, -0.1) is 0 Å². The molecular formula is C23H23FN8O3. The van der Waals surface area contributed by atoms with Gasteiger partial charge in [0.1, 0.15) is 5.65 Å². The van der Waals surface area contributed by atoms with Gasteiger partial charge in [0.25, 0.3) is 5.91 Å². The standard InChI is InChI=1S/C23H23FN8O3/c1-31-12-16(10-27-31)18-7-14-6-15(9-26-22(14)29-18)23(34)30-19-8-17(11-25-21(19)24)28-20(33)13-32-2-4-35-5-3-32/h6-12H,2-5,13H2,1H3,(H,26,29)(H,28,33)(H,30,34). The number of anilines is 2. The molecule has 5 rings (SSSR count). The fourth-order valence-corrected chi connectivity index (χ4v) is 3.82. The van der Waals surface area contributed by atoms with Crippen LogP contribution in [0.4, 0.5) is 15.8 Å². The zero-order valence-electron chi connectivity index (χ0n) is 18.9. The van der Waals surface area contributed by atoms with E-state index in [4.69, 9.17) is 4.74 Å². The fourth-order valence-electron chi connectivity index (χ4n) is 3.82. The van der Waals surface area contributed by atoms with Crippen LogP contribution in [0.3, 0.4) is 0 Å². The van der Waals surface area contributed by atoms with Crippen molar-refractivity contribution < 1.29 is 18.7 Å². The van der Waals surface area contributed by atoms with Gasteiger partial charge in [0, 0.05) is 43.5 Å². The highest BCUT2D eigenvalue weighted by atomic mass is 19.1. The lowest BCUT2D eigenvalue weighted by Crippen LogP contribution is -2.41. The van der Waals surface area contributed by atoms with Crippen molar-refractivity contribution in [1.82, 2.24) is 29.6 Å². The van der Waals surface area contributed by atoms with E-state index in [1.54, 1.807) is 16.9 Å². The Morgan fingerprint density at radius 2 is 1.94 bits per heavy atom. The maximum absolute atomic E-state index is 14.3. The Balaban J connectivity index is 1.28. The number of ether oxygens (including phenoxy) is 1. The number of H-pyrrole nitrogens is 1. The van der Waals surface area contributed by atoms with Gasteiger partial charge >= 0.3 is 0 Å². The van der Waals surface area contributed by atoms with Crippen molar-refractivity contribution in [2.75, 3.05) is 43.5 Å². The third-order valence-electron chi connectivity index (χ3n) is 5.59. The predicted octanol–water partition coefficient (Wildman–Crippen LogP) is 2.02. The van der Waals surface area contributed by atoms with Crippen LogP contribution in [-0.2, 0) is 16.6 Å². The molecule has 3 N–H and O–H groups in total. The third-order valence-corrected chi connectivity index (χ3v) is 5.59. The number of carbonyl (C=O) groups is 2. The number of rotatable bonds is 6. The third kappa shape index (κ3) is 5.18. The summed E-state index contributed by atoms with van der Waals surface area (Å²) in [4.78, 5) is 38.3. The minimum Gasteiger partial charge on any atom is -0.379 e. The summed E-state index contributed by atoms with van der Waals surface area (Å²) in [5.41, 5.74) is 2.68. The summed E-state index contributed by atoms with van der Waals surface area (Å²) in [5, 5.41) is 10.1. The molecule has 35 heavy (non-hydrogen) atoms. The second kappa shape index (κ2) is 9.60. The number of aryl methyl sites for hydroxylation is 1. The molecule has 0 spiro atoms. The molecule has 11 nitrogen and oxygen atoms in total. The normalized spacial score (nSPS) is 14.2. The Bertz CT molecular complexity index is 1390. The monoisotopic (exact) mass is 478 g/mol. The summed E-state index contributed by atoms with van der Waals surface area (Å²) < 4.78 is 21.3. The van der Waals surface area contributed by atoms with Crippen molar-refractivity contribution >= 4 is 34.2 Å². The van der Waals surface area contributed by atoms with E-state index in [0.717, 1.165) is 16.6 Å². The first-order valence-electron chi connectivity index (χ1n) is 11.0. The molecule has 1 aliphatic rings. The van der Waals surface area contributed by atoms with Gasteiger partial charge < -0.3 is 20.4 Å². The lowest BCUT2D eigenvalue weighted by atomic mass is 10.2. The van der Waals surface area contributed by atoms with E-state index < -0.39 is 11.9 Å². The Labute approximate surface area is 199 Å². The number of pyridine rings is 2. The second-order valence-corrected chi connectivity index (χ2v) is 8.20. The molecule has 180 valence electrons. The van der Waals surface area contributed by atoms with E-state index >= 15 is 0 Å². The fraction of sp³-hybridized carbons (Fsp3) is 0.261. The molecule has 0 saturated carbocycles. The highest BCUT2D eigenvalue weighted by Crippen LogP contribution is 2.24. The van der Waals surface area contributed by atoms with Gasteiger partial charge in [0.2, 0.25) is 11.9 Å². The quantitative estimate of drug-likeness (QED) is 0.362. The number of amides is 2. The summed E-state index contributed by atoms with van der Waals surface area (Å²) in [6, 6.07) is 4.86. The largest absolute Gasteiger partial charge is 0.379 e. The van der Waals surface area contributed by atoms with Gasteiger partial charge in [0.15, 0.2) is 0 Å². The predicted molar refractivity (Wildman–Crippen MR) is 126 cm³/mol. The molecule has 1 saturated heterocycles. The summed E-state index contributed by atoms with van der Waals surface area (Å²) in [6.45, 7) is 2.68. The van der Waals surface area contributed by atoms with Crippen molar-refractivity contribution in [2.24, 2.45) is 7.05 Å². The lowest BCUT2D eigenvalue weighted by molar-refractivity contribution is -0.118. The van der Waals surface area contributed by atoms with E-state index in [2.05, 4.69) is 30.7 Å². The van der Waals surface area contributed by atoms with Crippen LogP contribution in [0.25, 0.3) is 22.3 Å². The van der Waals surface area contributed by atoms with E-state index in [-0.39, 0.29) is 29.4 Å². The van der Waals surface area contributed by atoms with Gasteiger partial charge in [-0.05, 0) is 18.2 Å². The van der Waals surface area contributed by atoms with Crippen molar-refractivity contribution in [3.63, 3.8) is 0 Å². The van der Waals surface area contributed by atoms with Gasteiger partial charge in [0.05, 0.1) is 54.8 Å². The van der Waals surface area contributed by atoms with E-state index in [1.165, 1.54) is 18.5 Å². The van der Waals surface area contributed by atoms with Crippen molar-refractivity contribution in [3.05, 3.63) is 54.5 Å². The molecule has 0 atom stereocenters. The highest BCUT2D eigenvalue weighted by Gasteiger charge is 2.17. The number of fused-ring (bicyclic) bond motifs is 1. The maximum Gasteiger partial charge on any atom is 0.257 e. The SMILES string of the molecule is Cn1cc(-c2cc3cc(C(=O)Nc4cc(NC(=O)CN5CCOCC5)cnc4F)cnc3[nH]2)cn1. The first-order chi connectivity index (χ1) is 16.9. The molecule has 0 radical (unpaired) electrons. The van der Waals surface area contributed by atoms with Crippen LogP contribution in [0.5, 0.6) is 0 Å². The molecule has 0 aromatic carbocycles. The van der Waals surface area contributed by atoms with Crippen LogP contribution >= 0.6 is 0 Å². The first kappa shape index (κ1) is 22.6. The van der Waals surface area contributed by atoms with Crippen LogP contribution < -0.4 is 10.6 Å². The van der Waals surface area contributed by atoms with Crippen LogP contribution in [0.1, 0.15) is 10.4 Å². The molecule has 0 aliphatic carbocycles. The van der Waals surface area contributed by atoms with Gasteiger partial charge in [-0.2, -0.15) is 9.49 Å². The van der Waals surface area contributed by atoms with E-state index in [1.807, 2.05) is 24.2 Å². The van der Waals surface area contributed by atoms with Crippen LogP contribution in [0, 0.1) is 5.95 Å². The summed E-state index contributed by atoms with van der Waals surface area (Å²) in [7, 11) is 1.82. The minimum absolute atomic E-state index is 0.149. The maximum atomic E-state index is 14.3. The Kier molecular flexibility index (Phi) is 6.21. The average Bonchev–Trinajstić information content (AvgIpc) is 3.47. The molecule has 4 aromatic heterocycles. The number of halogens is 1.